The molecule has 1 aromatic carbocycles. The first-order valence-corrected chi connectivity index (χ1v) is 6.67. The van der Waals surface area contributed by atoms with Crippen LogP contribution < -0.4 is 15.6 Å². The van der Waals surface area contributed by atoms with Crippen LogP contribution in [0.5, 0.6) is 5.75 Å². The highest BCUT2D eigenvalue weighted by molar-refractivity contribution is 5.35. The third-order valence-electron chi connectivity index (χ3n) is 2.97. The normalized spacial score (nSPS) is 10.3. The van der Waals surface area contributed by atoms with Gasteiger partial charge in [-0.1, -0.05) is 19.1 Å². The molecular weight excluding hydrogens is 254 g/mol. The van der Waals surface area contributed by atoms with E-state index in [1.54, 1.807) is 24.1 Å². The summed E-state index contributed by atoms with van der Waals surface area (Å²) in [6.45, 7) is 3.28. The quantitative estimate of drug-likeness (QED) is 0.877. The van der Waals surface area contributed by atoms with Gasteiger partial charge < -0.3 is 14.6 Å². The van der Waals surface area contributed by atoms with Crippen molar-refractivity contribution in [3.05, 3.63) is 52.6 Å². The number of rotatable bonds is 6. The van der Waals surface area contributed by atoms with Crippen molar-refractivity contribution in [2.24, 2.45) is 0 Å². The molecule has 106 valence electrons. The number of benzene rings is 1. The van der Waals surface area contributed by atoms with Gasteiger partial charge in [-0.05, 0) is 24.1 Å². The molecule has 0 unspecified atom stereocenters. The minimum Gasteiger partial charge on any atom is -0.497 e. The molecule has 0 atom stereocenters. The Kier molecular flexibility index (Phi) is 4.76. The van der Waals surface area contributed by atoms with Crippen LogP contribution in [-0.4, -0.2) is 16.7 Å². The van der Waals surface area contributed by atoms with Crippen LogP contribution in [0.4, 0.5) is 5.82 Å². The van der Waals surface area contributed by atoms with Gasteiger partial charge in [0, 0.05) is 25.5 Å². The summed E-state index contributed by atoms with van der Waals surface area (Å²) in [5.41, 5.74) is 0.952. The number of ether oxygens (including phenoxy) is 1. The van der Waals surface area contributed by atoms with E-state index in [0.29, 0.717) is 18.9 Å². The van der Waals surface area contributed by atoms with Gasteiger partial charge in [0.2, 0.25) is 0 Å². The Balaban J connectivity index is 2.10. The van der Waals surface area contributed by atoms with Crippen molar-refractivity contribution in [3.63, 3.8) is 0 Å². The fraction of sp³-hybridized carbons (Fsp3) is 0.333. The third-order valence-corrected chi connectivity index (χ3v) is 2.97. The van der Waals surface area contributed by atoms with Gasteiger partial charge in [-0.25, -0.2) is 4.98 Å². The lowest BCUT2D eigenvalue weighted by Gasteiger charge is -2.09. The van der Waals surface area contributed by atoms with Crippen LogP contribution in [-0.2, 0) is 13.1 Å². The predicted octanol–water partition coefficient (Wildman–Crippen LogP) is 2.27. The van der Waals surface area contributed by atoms with Crippen LogP contribution in [0, 0.1) is 0 Å². The monoisotopic (exact) mass is 273 g/mol. The topological polar surface area (TPSA) is 56.1 Å². The molecule has 0 bridgehead atoms. The van der Waals surface area contributed by atoms with Gasteiger partial charge in [0.15, 0.2) is 5.82 Å². The van der Waals surface area contributed by atoms with E-state index in [2.05, 4.69) is 10.3 Å². The molecule has 20 heavy (non-hydrogen) atoms. The van der Waals surface area contributed by atoms with Crippen LogP contribution in [0.15, 0.2) is 41.5 Å². The number of methoxy groups -OCH3 is 1. The van der Waals surface area contributed by atoms with Crippen molar-refractivity contribution in [2.45, 2.75) is 26.4 Å². The van der Waals surface area contributed by atoms with Crippen molar-refractivity contribution >= 4 is 5.82 Å². The smallest absolute Gasteiger partial charge is 0.293 e. The maximum atomic E-state index is 12.1. The Morgan fingerprint density at radius 2 is 2.25 bits per heavy atom. The average Bonchev–Trinajstić information content (AvgIpc) is 2.48. The zero-order valence-electron chi connectivity index (χ0n) is 11.8. The first-order valence-electron chi connectivity index (χ1n) is 6.67. The van der Waals surface area contributed by atoms with Gasteiger partial charge >= 0.3 is 0 Å². The van der Waals surface area contributed by atoms with Gasteiger partial charge in [-0.3, -0.25) is 4.79 Å². The van der Waals surface area contributed by atoms with Crippen LogP contribution in [0.2, 0.25) is 0 Å². The minimum absolute atomic E-state index is 0.0859. The van der Waals surface area contributed by atoms with E-state index in [1.807, 2.05) is 31.2 Å². The maximum Gasteiger partial charge on any atom is 0.293 e. The molecular formula is C15H19N3O2. The molecule has 0 amide bonds. The highest BCUT2D eigenvalue weighted by atomic mass is 16.5. The van der Waals surface area contributed by atoms with E-state index in [1.165, 1.54) is 0 Å². The SMILES string of the molecule is CCCn1ccnc(NCc2cccc(OC)c2)c1=O. The Hall–Kier alpha value is -2.30. The maximum absolute atomic E-state index is 12.1. The summed E-state index contributed by atoms with van der Waals surface area (Å²) in [4.78, 5) is 16.2. The molecule has 5 heteroatoms. The second-order valence-electron chi connectivity index (χ2n) is 4.48. The molecule has 1 N–H and O–H groups in total. The van der Waals surface area contributed by atoms with Crippen LogP contribution in [0.1, 0.15) is 18.9 Å². The van der Waals surface area contributed by atoms with E-state index in [-0.39, 0.29) is 5.56 Å². The summed E-state index contributed by atoms with van der Waals surface area (Å²) in [6, 6.07) is 7.71. The molecule has 2 aromatic rings. The fourth-order valence-electron chi connectivity index (χ4n) is 1.95. The average molecular weight is 273 g/mol. The van der Waals surface area contributed by atoms with E-state index >= 15 is 0 Å². The van der Waals surface area contributed by atoms with Gasteiger partial charge in [-0.15, -0.1) is 0 Å². The van der Waals surface area contributed by atoms with Gasteiger partial charge in [0.1, 0.15) is 5.75 Å². The molecule has 0 fully saturated rings. The lowest BCUT2D eigenvalue weighted by molar-refractivity contribution is 0.414. The van der Waals surface area contributed by atoms with Crippen molar-refractivity contribution in [1.29, 1.82) is 0 Å². The van der Waals surface area contributed by atoms with E-state index in [4.69, 9.17) is 4.74 Å². The van der Waals surface area contributed by atoms with Crippen LogP contribution >= 0.6 is 0 Å². The first-order chi connectivity index (χ1) is 9.74. The highest BCUT2D eigenvalue weighted by Gasteiger charge is 2.04. The number of hydrogen-bond donors (Lipinski definition) is 1. The molecule has 0 aliphatic rings. The number of anilines is 1. The number of aromatic nitrogens is 2. The fourth-order valence-corrected chi connectivity index (χ4v) is 1.95. The van der Waals surface area contributed by atoms with E-state index in [0.717, 1.165) is 17.7 Å². The number of nitrogens with one attached hydrogen (secondary N) is 1. The minimum atomic E-state index is -0.0859. The molecule has 0 aliphatic heterocycles. The second-order valence-corrected chi connectivity index (χ2v) is 4.48. The largest absolute Gasteiger partial charge is 0.497 e. The molecule has 0 saturated carbocycles. The van der Waals surface area contributed by atoms with E-state index < -0.39 is 0 Å². The molecule has 1 heterocycles. The number of aryl methyl sites for hydroxylation is 1. The van der Waals surface area contributed by atoms with Crippen molar-refractivity contribution in [2.75, 3.05) is 12.4 Å². The summed E-state index contributed by atoms with van der Waals surface area (Å²) in [7, 11) is 1.63. The zero-order chi connectivity index (χ0) is 14.4. The Morgan fingerprint density at radius 1 is 1.40 bits per heavy atom. The van der Waals surface area contributed by atoms with E-state index in [9.17, 15) is 4.79 Å². The molecule has 2 rings (SSSR count). The molecule has 0 saturated heterocycles. The lowest BCUT2D eigenvalue weighted by Crippen LogP contribution is -2.24. The Bertz CT molecular complexity index is 623. The zero-order valence-corrected chi connectivity index (χ0v) is 11.8. The predicted molar refractivity (Wildman–Crippen MR) is 79.1 cm³/mol. The van der Waals surface area contributed by atoms with Gasteiger partial charge in [0.05, 0.1) is 7.11 Å². The first kappa shape index (κ1) is 14.1. The Morgan fingerprint density at radius 3 is 3.00 bits per heavy atom. The highest BCUT2D eigenvalue weighted by Crippen LogP contribution is 2.13. The second kappa shape index (κ2) is 6.75. The van der Waals surface area contributed by atoms with Gasteiger partial charge in [0.25, 0.3) is 5.56 Å². The van der Waals surface area contributed by atoms with Crippen molar-refractivity contribution < 1.29 is 4.74 Å². The Labute approximate surface area is 118 Å². The molecule has 0 spiro atoms. The third kappa shape index (κ3) is 3.38. The van der Waals surface area contributed by atoms with Gasteiger partial charge in [-0.2, -0.15) is 0 Å². The molecule has 0 radical (unpaired) electrons. The molecule has 0 aliphatic carbocycles. The summed E-state index contributed by atoms with van der Waals surface area (Å²) >= 11 is 0. The molecule has 1 aromatic heterocycles. The lowest BCUT2D eigenvalue weighted by atomic mass is 10.2. The van der Waals surface area contributed by atoms with Crippen LogP contribution in [0.25, 0.3) is 0 Å². The molecule has 5 nitrogen and oxygen atoms in total. The summed E-state index contributed by atoms with van der Waals surface area (Å²) < 4.78 is 6.84. The summed E-state index contributed by atoms with van der Waals surface area (Å²) in [6.07, 6.45) is 4.27. The summed E-state index contributed by atoms with van der Waals surface area (Å²) in [5, 5.41) is 3.08. The standard InChI is InChI=1S/C15H19N3O2/c1-3-8-18-9-7-16-14(15(18)19)17-11-12-5-4-6-13(10-12)20-2/h4-7,9-10H,3,8,11H2,1-2H3,(H,16,17). The number of nitrogens with zero attached hydrogens (tertiary/aromatic N) is 2. The van der Waals surface area contributed by atoms with Crippen LogP contribution in [0.3, 0.4) is 0 Å². The summed E-state index contributed by atoms with van der Waals surface area (Å²) in [5.74, 6) is 1.18. The van der Waals surface area contributed by atoms with Crippen molar-refractivity contribution in [3.8, 4) is 5.75 Å². The number of hydrogen-bond acceptors (Lipinski definition) is 4. The van der Waals surface area contributed by atoms with Crippen molar-refractivity contribution in [1.82, 2.24) is 9.55 Å².